The van der Waals surface area contributed by atoms with E-state index in [1.165, 1.54) is 21.3 Å². The third-order valence-corrected chi connectivity index (χ3v) is 4.73. The van der Waals surface area contributed by atoms with Crippen molar-refractivity contribution in [3.8, 4) is 23.0 Å². The Labute approximate surface area is 184 Å². The van der Waals surface area contributed by atoms with Gasteiger partial charge in [-0.1, -0.05) is 26.0 Å². The van der Waals surface area contributed by atoms with Gasteiger partial charge in [-0.05, 0) is 36.2 Å². The van der Waals surface area contributed by atoms with Gasteiger partial charge in [0, 0.05) is 24.6 Å². The van der Waals surface area contributed by atoms with Gasteiger partial charge in [0.25, 0.3) is 0 Å². The van der Waals surface area contributed by atoms with Crippen molar-refractivity contribution in [3.05, 3.63) is 47.5 Å². The average molecular weight is 432 g/mol. The van der Waals surface area contributed by atoms with Crippen LogP contribution in [0.5, 0.6) is 23.0 Å². The summed E-state index contributed by atoms with van der Waals surface area (Å²) in [7, 11) is 4.57. The topological polar surface area (TPSA) is 86.3 Å². The number of hydrogen-bond acceptors (Lipinski definition) is 7. The predicted octanol–water partition coefficient (Wildman–Crippen LogP) is 3.27. The number of carbonyl (C=O) groups is 1. The maximum absolute atomic E-state index is 12.8. The molecule has 7 nitrogen and oxygen atoms in total. The summed E-state index contributed by atoms with van der Waals surface area (Å²) in [5, 5.41) is 13.2. The maximum atomic E-state index is 12.8. The van der Waals surface area contributed by atoms with Gasteiger partial charge in [0.1, 0.15) is 18.5 Å². The second-order valence-electron chi connectivity index (χ2n) is 7.51. The summed E-state index contributed by atoms with van der Waals surface area (Å²) in [6.07, 6.45) is 0.292. The molecule has 0 amide bonds. The number of ketones is 1. The number of nitrogens with one attached hydrogen (secondary N) is 1. The molecule has 0 aromatic heterocycles. The standard InChI is InChI=1S/C24H33NO6/c1-16(2)25-14-19(26)15-31-20-8-6-7-17(11-20)9-10-21(27)18-12-22(28-3)24(30-5)23(13-18)29-4/h6-8,11-13,16,19,25-26H,9-10,14-15H2,1-5H3. The lowest BCUT2D eigenvalue weighted by atomic mass is 10.0. The molecule has 0 heterocycles. The third kappa shape index (κ3) is 7.45. The molecule has 170 valence electrons. The van der Waals surface area contributed by atoms with Crippen LogP contribution in [0.25, 0.3) is 0 Å². The number of carbonyl (C=O) groups excluding carboxylic acids is 1. The van der Waals surface area contributed by atoms with Crippen LogP contribution in [0.4, 0.5) is 0 Å². The number of hydrogen-bond donors (Lipinski definition) is 2. The van der Waals surface area contributed by atoms with Crippen LogP contribution in [-0.2, 0) is 6.42 Å². The molecular formula is C24H33NO6. The summed E-state index contributed by atoms with van der Waals surface area (Å²) >= 11 is 0. The van der Waals surface area contributed by atoms with Crippen LogP contribution in [0.15, 0.2) is 36.4 Å². The molecular weight excluding hydrogens is 398 g/mol. The maximum Gasteiger partial charge on any atom is 0.203 e. The van der Waals surface area contributed by atoms with E-state index in [-0.39, 0.29) is 12.4 Å². The molecule has 1 atom stereocenters. The summed E-state index contributed by atoms with van der Waals surface area (Å²) < 4.78 is 21.7. The quantitative estimate of drug-likeness (QED) is 0.471. The molecule has 0 bridgehead atoms. The summed E-state index contributed by atoms with van der Waals surface area (Å²) in [6, 6.07) is 11.2. The van der Waals surface area contributed by atoms with Crippen molar-refractivity contribution >= 4 is 5.78 Å². The zero-order valence-electron chi connectivity index (χ0n) is 18.9. The van der Waals surface area contributed by atoms with Gasteiger partial charge in [0.2, 0.25) is 5.75 Å². The highest BCUT2D eigenvalue weighted by Gasteiger charge is 2.17. The van der Waals surface area contributed by atoms with E-state index in [0.717, 1.165) is 5.56 Å². The zero-order chi connectivity index (χ0) is 22.8. The lowest BCUT2D eigenvalue weighted by Crippen LogP contribution is -2.35. The number of aryl methyl sites for hydroxylation is 1. The first kappa shape index (κ1) is 24.5. The van der Waals surface area contributed by atoms with Crippen molar-refractivity contribution in [2.45, 2.75) is 38.8 Å². The molecule has 31 heavy (non-hydrogen) atoms. The Bertz CT molecular complexity index is 827. The van der Waals surface area contributed by atoms with E-state index in [0.29, 0.717) is 54.0 Å². The molecule has 0 saturated carbocycles. The first-order chi connectivity index (χ1) is 14.9. The Morgan fingerprint density at radius 1 is 1.03 bits per heavy atom. The number of rotatable bonds is 13. The van der Waals surface area contributed by atoms with Gasteiger partial charge in [-0.15, -0.1) is 0 Å². The molecule has 0 spiro atoms. The van der Waals surface area contributed by atoms with Crippen molar-refractivity contribution < 1.29 is 28.8 Å². The molecule has 2 N–H and O–H groups in total. The van der Waals surface area contributed by atoms with E-state index in [1.54, 1.807) is 12.1 Å². The molecule has 2 rings (SSSR count). The van der Waals surface area contributed by atoms with E-state index in [1.807, 2.05) is 38.1 Å². The predicted molar refractivity (Wildman–Crippen MR) is 120 cm³/mol. The average Bonchev–Trinajstić information content (AvgIpc) is 2.78. The highest BCUT2D eigenvalue weighted by Crippen LogP contribution is 2.38. The number of Topliss-reactive ketones (excluding diaryl/α,β-unsaturated/α-hetero) is 1. The molecule has 0 aliphatic rings. The largest absolute Gasteiger partial charge is 0.493 e. The van der Waals surface area contributed by atoms with Crippen molar-refractivity contribution in [1.29, 1.82) is 0 Å². The van der Waals surface area contributed by atoms with E-state index in [4.69, 9.17) is 18.9 Å². The Morgan fingerprint density at radius 3 is 2.29 bits per heavy atom. The first-order valence-corrected chi connectivity index (χ1v) is 10.3. The van der Waals surface area contributed by atoms with Crippen molar-refractivity contribution in [3.63, 3.8) is 0 Å². The van der Waals surface area contributed by atoms with Gasteiger partial charge in [-0.3, -0.25) is 4.79 Å². The van der Waals surface area contributed by atoms with Gasteiger partial charge in [0.15, 0.2) is 17.3 Å². The second-order valence-corrected chi connectivity index (χ2v) is 7.51. The van der Waals surface area contributed by atoms with Gasteiger partial charge in [0.05, 0.1) is 21.3 Å². The summed E-state index contributed by atoms with van der Waals surface area (Å²) in [6.45, 7) is 4.72. The first-order valence-electron chi connectivity index (χ1n) is 10.3. The molecule has 0 fully saturated rings. The lowest BCUT2D eigenvalue weighted by Gasteiger charge is -2.15. The number of benzene rings is 2. The fraction of sp³-hybridized carbons (Fsp3) is 0.458. The van der Waals surface area contributed by atoms with Crippen LogP contribution in [0.1, 0.15) is 36.2 Å². The van der Waals surface area contributed by atoms with Crippen LogP contribution < -0.4 is 24.3 Å². The molecule has 7 heteroatoms. The lowest BCUT2D eigenvalue weighted by molar-refractivity contribution is 0.0982. The van der Waals surface area contributed by atoms with E-state index >= 15 is 0 Å². The van der Waals surface area contributed by atoms with Crippen molar-refractivity contribution in [2.24, 2.45) is 0 Å². The monoisotopic (exact) mass is 431 g/mol. The third-order valence-electron chi connectivity index (χ3n) is 4.73. The Kier molecular flexibility index (Phi) is 9.62. The van der Waals surface area contributed by atoms with Gasteiger partial charge in [-0.2, -0.15) is 0 Å². The summed E-state index contributed by atoms with van der Waals surface area (Å²) in [5.41, 5.74) is 1.48. The molecule has 1 unspecified atom stereocenters. The molecule has 2 aromatic rings. The Hall–Kier alpha value is -2.77. The van der Waals surface area contributed by atoms with E-state index in [2.05, 4.69) is 5.32 Å². The fourth-order valence-electron chi connectivity index (χ4n) is 3.06. The van der Waals surface area contributed by atoms with Crippen molar-refractivity contribution in [2.75, 3.05) is 34.5 Å². The van der Waals surface area contributed by atoms with Crippen LogP contribution in [0, 0.1) is 0 Å². The molecule has 0 aliphatic carbocycles. The van der Waals surface area contributed by atoms with Crippen LogP contribution in [0.2, 0.25) is 0 Å². The van der Waals surface area contributed by atoms with Gasteiger partial charge >= 0.3 is 0 Å². The SMILES string of the molecule is COc1cc(C(=O)CCc2cccc(OCC(O)CNC(C)C)c2)cc(OC)c1OC. The number of ether oxygens (including phenoxy) is 4. The Morgan fingerprint density at radius 2 is 1.71 bits per heavy atom. The molecule has 0 saturated heterocycles. The molecule has 2 aromatic carbocycles. The van der Waals surface area contributed by atoms with Crippen LogP contribution >= 0.6 is 0 Å². The summed E-state index contributed by atoms with van der Waals surface area (Å²) in [4.78, 5) is 12.8. The Balaban J connectivity index is 1.97. The summed E-state index contributed by atoms with van der Waals surface area (Å²) in [5.74, 6) is 2.00. The fourth-order valence-corrected chi connectivity index (χ4v) is 3.06. The molecule has 0 radical (unpaired) electrons. The van der Waals surface area contributed by atoms with Gasteiger partial charge < -0.3 is 29.4 Å². The minimum Gasteiger partial charge on any atom is -0.493 e. The smallest absolute Gasteiger partial charge is 0.203 e. The number of aliphatic hydroxyl groups is 1. The molecule has 0 aliphatic heterocycles. The van der Waals surface area contributed by atoms with Crippen LogP contribution in [-0.4, -0.2) is 57.5 Å². The normalized spacial score (nSPS) is 11.8. The van der Waals surface area contributed by atoms with Crippen molar-refractivity contribution in [1.82, 2.24) is 5.32 Å². The number of methoxy groups -OCH3 is 3. The van der Waals surface area contributed by atoms with Crippen LogP contribution in [0.3, 0.4) is 0 Å². The highest BCUT2D eigenvalue weighted by atomic mass is 16.5. The minimum atomic E-state index is -0.590. The second kappa shape index (κ2) is 12.2. The number of aliphatic hydroxyl groups excluding tert-OH is 1. The minimum absolute atomic E-state index is 0.0271. The highest BCUT2D eigenvalue weighted by molar-refractivity contribution is 5.97. The van der Waals surface area contributed by atoms with E-state index in [9.17, 15) is 9.90 Å². The van der Waals surface area contributed by atoms with E-state index < -0.39 is 6.10 Å². The van der Waals surface area contributed by atoms with Gasteiger partial charge in [-0.25, -0.2) is 0 Å². The zero-order valence-corrected chi connectivity index (χ0v) is 18.9.